The van der Waals surface area contributed by atoms with E-state index in [9.17, 15) is 0 Å². The molecule has 1 aromatic carbocycles. The molecule has 5 heteroatoms. The van der Waals surface area contributed by atoms with Gasteiger partial charge in [0.15, 0.2) is 5.96 Å². The quantitative estimate of drug-likeness (QED) is 0.332. The normalized spacial score (nSPS) is 11.5. The standard InChI is InChI=1S/C16H25N3O.HI/c1-12(2)10-18-15(17)19-11-16(3,4)13-7-6-8-14(9-13)20-5;/h6-9H,1,10-11H2,2-5H3,(H3,17,18,19);1H. The average Bonchev–Trinajstić information content (AvgIpc) is 2.43. The lowest BCUT2D eigenvalue weighted by molar-refractivity contribution is 0.412. The highest BCUT2D eigenvalue weighted by atomic mass is 127. The van der Waals surface area contributed by atoms with Crippen molar-refractivity contribution in [2.24, 2.45) is 10.7 Å². The molecule has 21 heavy (non-hydrogen) atoms. The van der Waals surface area contributed by atoms with E-state index < -0.39 is 0 Å². The molecule has 0 aromatic heterocycles. The Labute approximate surface area is 144 Å². The number of nitrogens with two attached hydrogens (primary N) is 1. The van der Waals surface area contributed by atoms with Gasteiger partial charge in [0.25, 0.3) is 0 Å². The fourth-order valence-corrected chi connectivity index (χ4v) is 1.72. The van der Waals surface area contributed by atoms with Crippen LogP contribution < -0.4 is 15.8 Å². The van der Waals surface area contributed by atoms with Crippen LogP contribution in [0.25, 0.3) is 0 Å². The summed E-state index contributed by atoms with van der Waals surface area (Å²) in [7, 11) is 1.67. The third kappa shape index (κ3) is 6.84. The van der Waals surface area contributed by atoms with E-state index in [0.29, 0.717) is 19.0 Å². The van der Waals surface area contributed by atoms with Gasteiger partial charge in [-0.1, -0.05) is 38.1 Å². The van der Waals surface area contributed by atoms with Gasteiger partial charge >= 0.3 is 0 Å². The molecule has 0 bridgehead atoms. The molecule has 0 atom stereocenters. The Morgan fingerprint density at radius 1 is 1.43 bits per heavy atom. The fourth-order valence-electron chi connectivity index (χ4n) is 1.72. The Bertz CT molecular complexity index is 498. The molecule has 0 aliphatic heterocycles. The van der Waals surface area contributed by atoms with E-state index >= 15 is 0 Å². The Kier molecular flexibility index (Phi) is 8.39. The summed E-state index contributed by atoms with van der Waals surface area (Å²) in [5.41, 5.74) is 7.93. The van der Waals surface area contributed by atoms with E-state index in [-0.39, 0.29) is 29.4 Å². The van der Waals surface area contributed by atoms with E-state index in [4.69, 9.17) is 10.5 Å². The van der Waals surface area contributed by atoms with Gasteiger partial charge in [-0.2, -0.15) is 0 Å². The molecule has 3 N–H and O–H groups in total. The molecule has 0 heterocycles. The van der Waals surface area contributed by atoms with Crippen LogP contribution in [-0.4, -0.2) is 26.2 Å². The number of aliphatic imine (C=N–C) groups is 1. The molecule has 0 unspecified atom stereocenters. The molecule has 0 radical (unpaired) electrons. The second-order valence-corrected chi connectivity index (χ2v) is 5.63. The largest absolute Gasteiger partial charge is 0.497 e. The fraction of sp³-hybridized carbons (Fsp3) is 0.438. The smallest absolute Gasteiger partial charge is 0.188 e. The Morgan fingerprint density at radius 3 is 2.67 bits per heavy atom. The van der Waals surface area contributed by atoms with Crippen LogP contribution in [0.2, 0.25) is 0 Å². The third-order valence-corrected chi connectivity index (χ3v) is 3.07. The van der Waals surface area contributed by atoms with Crippen LogP contribution in [0.5, 0.6) is 5.75 Å². The predicted octanol–water partition coefficient (Wildman–Crippen LogP) is 3.07. The first-order valence-electron chi connectivity index (χ1n) is 6.68. The van der Waals surface area contributed by atoms with Gasteiger partial charge in [-0.15, -0.1) is 24.0 Å². The van der Waals surface area contributed by atoms with Crippen molar-refractivity contribution in [3.63, 3.8) is 0 Å². The van der Waals surface area contributed by atoms with Gasteiger partial charge in [-0.3, -0.25) is 4.99 Å². The highest BCUT2D eigenvalue weighted by Crippen LogP contribution is 2.26. The van der Waals surface area contributed by atoms with Crippen molar-refractivity contribution < 1.29 is 4.74 Å². The number of benzene rings is 1. The number of hydrogen-bond donors (Lipinski definition) is 2. The lowest BCUT2D eigenvalue weighted by Gasteiger charge is -2.23. The lowest BCUT2D eigenvalue weighted by Crippen LogP contribution is -2.34. The molecule has 0 amide bonds. The van der Waals surface area contributed by atoms with Crippen molar-refractivity contribution in [1.82, 2.24) is 5.32 Å². The summed E-state index contributed by atoms with van der Waals surface area (Å²) >= 11 is 0. The number of hydrogen-bond acceptors (Lipinski definition) is 2. The molecule has 1 rings (SSSR count). The molecule has 0 aliphatic rings. The monoisotopic (exact) mass is 403 g/mol. The van der Waals surface area contributed by atoms with Gasteiger partial charge in [-0.25, -0.2) is 0 Å². The number of nitrogens with one attached hydrogen (secondary N) is 1. The van der Waals surface area contributed by atoms with Crippen LogP contribution >= 0.6 is 24.0 Å². The van der Waals surface area contributed by atoms with Gasteiger partial charge in [-0.05, 0) is 24.6 Å². The third-order valence-electron chi connectivity index (χ3n) is 3.07. The second kappa shape index (κ2) is 8.92. The molecular weight excluding hydrogens is 377 g/mol. The van der Waals surface area contributed by atoms with Crippen molar-refractivity contribution in [1.29, 1.82) is 0 Å². The summed E-state index contributed by atoms with van der Waals surface area (Å²) in [6.45, 7) is 11.3. The second-order valence-electron chi connectivity index (χ2n) is 5.63. The highest BCUT2D eigenvalue weighted by Gasteiger charge is 2.20. The van der Waals surface area contributed by atoms with Crippen molar-refractivity contribution in [2.75, 3.05) is 20.2 Å². The van der Waals surface area contributed by atoms with Crippen LogP contribution in [0.3, 0.4) is 0 Å². The SMILES string of the molecule is C=C(C)CNC(N)=NCC(C)(C)c1cccc(OC)c1.I. The molecule has 0 aliphatic carbocycles. The topological polar surface area (TPSA) is 59.6 Å². The molecule has 4 nitrogen and oxygen atoms in total. The predicted molar refractivity (Wildman–Crippen MR) is 101 cm³/mol. The Balaban J connectivity index is 0.00000400. The summed E-state index contributed by atoms with van der Waals surface area (Å²) in [6.07, 6.45) is 0. The van der Waals surface area contributed by atoms with Gasteiger partial charge in [0.05, 0.1) is 13.7 Å². The minimum atomic E-state index is -0.107. The number of ether oxygens (including phenoxy) is 1. The van der Waals surface area contributed by atoms with Crippen LogP contribution in [-0.2, 0) is 5.41 Å². The Hall–Kier alpha value is -1.24. The van der Waals surface area contributed by atoms with Crippen molar-refractivity contribution in [3.8, 4) is 5.75 Å². The molecular formula is C16H26IN3O. The minimum Gasteiger partial charge on any atom is -0.497 e. The van der Waals surface area contributed by atoms with E-state index in [1.54, 1.807) is 7.11 Å². The molecule has 0 fully saturated rings. The zero-order valence-electron chi connectivity index (χ0n) is 13.3. The molecule has 0 saturated heterocycles. The molecule has 0 spiro atoms. The van der Waals surface area contributed by atoms with Gasteiger partial charge < -0.3 is 15.8 Å². The maximum atomic E-state index is 5.84. The lowest BCUT2D eigenvalue weighted by atomic mass is 9.85. The zero-order chi connectivity index (χ0) is 15.2. The number of halogens is 1. The number of rotatable bonds is 6. The van der Waals surface area contributed by atoms with Gasteiger partial charge in [0.2, 0.25) is 0 Å². The zero-order valence-corrected chi connectivity index (χ0v) is 15.6. The van der Waals surface area contributed by atoms with Crippen molar-refractivity contribution in [3.05, 3.63) is 42.0 Å². The maximum absolute atomic E-state index is 5.84. The molecule has 0 saturated carbocycles. The van der Waals surface area contributed by atoms with E-state index in [1.165, 1.54) is 5.56 Å². The molecule has 1 aromatic rings. The summed E-state index contributed by atoms with van der Waals surface area (Å²) in [5.74, 6) is 1.30. The first-order chi connectivity index (χ1) is 9.35. The van der Waals surface area contributed by atoms with E-state index in [2.05, 4.69) is 36.8 Å². The summed E-state index contributed by atoms with van der Waals surface area (Å²) in [4.78, 5) is 4.40. The van der Waals surface area contributed by atoms with Crippen LogP contribution in [0.1, 0.15) is 26.3 Å². The van der Waals surface area contributed by atoms with Crippen LogP contribution in [0.15, 0.2) is 41.4 Å². The van der Waals surface area contributed by atoms with Crippen molar-refractivity contribution in [2.45, 2.75) is 26.2 Å². The minimum absolute atomic E-state index is 0. The van der Waals surface area contributed by atoms with E-state index in [0.717, 1.165) is 11.3 Å². The highest BCUT2D eigenvalue weighted by molar-refractivity contribution is 14.0. The van der Waals surface area contributed by atoms with Crippen LogP contribution in [0, 0.1) is 0 Å². The van der Waals surface area contributed by atoms with E-state index in [1.807, 2.05) is 25.1 Å². The summed E-state index contributed by atoms with van der Waals surface area (Å²) in [6, 6.07) is 8.04. The Morgan fingerprint density at radius 2 is 2.10 bits per heavy atom. The average molecular weight is 403 g/mol. The van der Waals surface area contributed by atoms with Gasteiger partial charge in [0.1, 0.15) is 5.75 Å². The maximum Gasteiger partial charge on any atom is 0.188 e. The van der Waals surface area contributed by atoms with Crippen molar-refractivity contribution >= 4 is 29.9 Å². The molecule has 118 valence electrons. The van der Waals surface area contributed by atoms with Crippen LogP contribution in [0.4, 0.5) is 0 Å². The number of guanidine groups is 1. The summed E-state index contributed by atoms with van der Waals surface area (Å²) in [5, 5.41) is 3.03. The first-order valence-corrected chi connectivity index (χ1v) is 6.68. The first kappa shape index (κ1) is 19.8. The number of nitrogens with zero attached hydrogens (tertiary/aromatic N) is 1. The number of methoxy groups -OCH3 is 1. The van der Waals surface area contributed by atoms with Gasteiger partial charge in [0, 0.05) is 12.0 Å². The summed E-state index contributed by atoms with van der Waals surface area (Å²) < 4.78 is 5.26.